The molecule has 3 N–H and O–H groups in total. The van der Waals surface area contributed by atoms with Crippen molar-refractivity contribution in [3.63, 3.8) is 0 Å². The summed E-state index contributed by atoms with van der Waals surface area (Å²) in [6, 6.07) is 6.96. The van der Waals surface area contributed by atoms with Crippen LogP contribution in [0.2, 0.25) is 4.34 Å². The molecule has 1 atom stereocenters. The number of halogens is 1. The van der Waals surface area contributed by atoms with Crippen molar-refractivity contribution in [3.05, 3.63) is 28.6 Å². The molecule has 0 saturated heterocycles. The molecule has 23 heavy (non-hydrogen) atoms. The molecule has 5 nitrogen and oxygen atoms in total. The fourth-order valence-corrected chi connectivity index (χ4v) is 3.71. The standard InChI is InChI=1S/C16H19ClN4OS/c17-15-14(20-21-23-15)11-7-4-8-12(9-11)19-16(22)13(18)10-5-2-1-3-6-10/h4,7-10,13H,1-3,5-6,18H2,(H,19,22). The van der Waals surface area contributed by atoms with Gasteiger partial charge in [0.15, 0.2) is 0 Å². The number of benzene rings is 1. The first kappa shape index (κ1) is 16.4. The highest BCUT2D eigenvalue weighted by molar-refractivity contribution is 7.10. The Labute approximate surface area is 144 Å². The number of anilines is 1. The summed E-state index contributed by atoms with van der Waals surface area (Å²) in [4.78, 5) is 12.4. The zero-order chi connectivity index (χ0) is 16.2. The SMILES string of the molecule is NC(C(=O)Nc1cccc(-c2nnsc2Cl)c1)C1CCCCC1. The van der Waals surface area contributed by atoms with E-state index >= 15 is 0 Å². The number of nitrogens with zero attached hydrogens (tertiary/aromatic N) is 2. The highest BCUT2D eigenvalue weighted by atomic mass is 35.5. The number of hydrogen-bond acceptors (Lipinski definition) is 5. The predicted octanol–water partition coefficient (Wildman–Crippen LogP) is 3.70. The molecule has 122 valence electrons. The van der Waals surface area contributed by atoms with Crippen LogP contribution in [0.25, 0.3) is 11.3 Å². The van der Waals surface area contributed by atoms with Crippen LogP contribution in [0.4, 0.5) is 5.69 Å². The number of carbonyl (C=O) groups is 1. The van der Waals surface area contributed by atoms with Gasteiger partial charge in [0.25, 0.3) is 0 Å². The minimum atomic E-state index is -0.455. The summed E-state index contributed by atoms with van der Waals surface area (Å²) in [6.07, 6.45) is 5.64. The Bertz CT molecular complexity index is 684. The lowest BCUT2D eigenvalue weighted by Gasteiger charge is -2.26. The van der Waals surface area contributed by atoms with Crippen LogP contribution in [0.1, 0.15) is 32.1 Å². The molecular weight excluding hydrogens is 332 g/mol. The topological polar surface area (TPSA) is 80.9 Å². The lowest BCUT2D eigenvalue weighted by atomic mass is 9.84. The molecule has 7 heteroatoms. The smallest absolute Gasteiger partial charge is 0.241 e. The monoisotopic (exact) mass is 350 g/mol. The first-order valence-electron chi connectivity index (χ1n) is 7.80. The van der Waals surface area contributed by atoms with Gasteiger partial charge in [0, 0.05) is 22.8 Å². The quantitative estimate of drug-likeness (QED) is 0.880. The summed E-state index contributed by atoms with van der Waals surface area (Å²) < 4.78 is 4.37. The highest BCUT2D eigenvalue weighted by Gasteiger charge is 2.26. The fraction of sp³-hybridized carbons (Fsp3) is 0.438. The zero-order valence-electron chi connectivity index (χ0n) is 12.7. The molecule has 1 amide bonds. The average Bonchev–Trinajstić information content (AvgIpc) is 3.01. The van der Waals surface area contributed by atoms with E-state index in [0.29, 0.717) is 15.7 Å². The number of amides is 1. The van der Waals surface area contributed by atoms with Crippen molar-refractivity contribution in [2.24, 2.45) is 11.7 Å². The maximum absolute atomic E-state index is 12.4. The molecule has 0 aliphatic heterocycles. The first-order chi connectivity index (χ1) is 11.1. The number of carbonyl (C=O) groups excluding carboxylic acids is 1. The van der Waals surface area contributed by atoms with Gasteiger partial charge in [0.1, 0.15) is 10.0 Å². The Morgan fingerprint density at radius 1 is 1.35 bits per heavy atom. The summed E-state index contributed by atoms with van der Waals surface area (Å²) >= 11 is 7.21. The van der Waals surface area contributed by atoms with Gasteiger partial charge in [-0.25, -0.2) is 0 Å². The van der Waals surface area contributed by atoms with E-state index in [-0.39, 0.29) is 11.8 Å². The summed E-state index contributed by atoms with van der Waals surface area (Å²) in [7, 11) is 0. The molecule has 1 aromatic heterocycles. The Balaban J connectivity index is 1.70. The van der Waals surface area contributed by atoms with E-state index in [9.17, 15) is 4.79 Å². The van der Waals surface area contributed by atoms with E-state index in [1.54, 1.807) is 0 Å². The van der Waals surface area contributed by atoms with Crippen molar-refractivity contribution < 1.29 is 4.79 Å². The predicted molar refractivity (Wildman–Crippen MR) is 93.5 cm³/mol. The Kier molecular flexibility index (Phi) is 5.25. The van der Waals surface area contributed by atoms with E-state index in [0.717, 1.165) is 42.8 Å². The summed E-state index contributed by atoms with van der Waals surface area (Å²) in [5, 5.41) is 6.92. The molecule has 1 saturated carbocycles. The van der Waals surface area contributed by atoms with Crippen molar-refractivity contribution in [3.8, 4) is 11.3 Å². The Morgan fingerprint density at radius 3 is 2.83 bits per heavy atom. The van der Waals surface area contributed by atoms with E-state index in [4.69, 9.17) is 17.3 Å². The number of nitrogens with two attached hydrogens (primary N) is 1. The minimum Gasteiger partial charge on any atom is -0.325 e. The van der Waals surface area contributed by atoms with E-state index in [2.05, 4.69) is 14.9 Å². The second-order valence-electron chi connectivity index (χ2n) is 5.89. The van der Waals surface area contributed by atoms with Crippen molar-refractivity contribution in [2.45, 2.75) is 38.1 Å². The van der Waals surface area contributed by atoms with Crippen LogP contribution in [0.5, 0.6) is 0 Å². The molecule has 3 rings (SSSR count). The van der Waals surface area contributed by atoms with Gasteiger partial charge in [-0.2, -0.15) is 0 Å². The Hall–Kier alpha value is -1.50. The van der Waals surface area contributed by atoms with Gasteiger partial charge in [-0.1, -0.05) is 47.5 Å². The van der Waals surface area contributed by atoms with Crippen LogP contribution < -0.4 is 11.1 Å². The first-order valence-corrected chi connectivity index (χ1v) is 8.95. The summed E-state index contributed by atoms with van der Waals surface area (Å²) in [5.41, 5.74) is 8.30. The minimum absolute atomic E-state index is 0.128. The third-order valence-electron chi connectivity index (χ3n) is 4.31. The van der Waals surface area contributed by atoms with E-state index < -0.39 is 6.04 Å². The number of aromatic nitrogens is 2. The maximum Gasteiger partial charge on any atom is 0.241 e. The molecule has 0 radical (unpaired) electrons. The van der Waals surface area contributed by atoms with Gasteiger partial charge in [-0.3, -0.25) is 4.79 Å². The molecule has 0 spiro atoms. The number of hydrogen-bond donors (Lipinski definition) is 2. The van der Waals surface area contributed by atoms with Crippen LogP contribution in [-0.4, -0.2) is 21.5 Å². The van der Waals surface area contributed by atoms with Crippen LogP contribution in [0.15, 0.2) is 24.3 Å². The van der Waals surface area contributed by atoms with Crippen molar-refractivity contribution in [1.82, 2.24) is 9.59 Å². The van der Waals surface area contributed by atoms with Gasteiger partial charge in [0.2, 0.25) is 5.91 Å². The van der Waals surface area contributed by atoms with Crippen LogP contribution >= 0.6 is 23.1 Å². The van der Waals surface area contributed by atoms with Crippen LogP contribution in [-0.2, 0) is 4.79 Å². The highest BCUT2D eigenvalue weighted by Crippen LogP contribution is 2.30. The molecule has 0 bridgehead atoms. The van der Waals surface area contributed by atoms with Gasteiger partial charge in [-0.15, -0.1) is 5.10 Å². The summed E-state index contributed by atoms with van der Waals surface area (Å²) in [6.45, 7) is 0. The second kappa shape index (κ2) is 7.38. The van der Waals surface area contributed by atoms with Crippen LogP contribution in [0.3, 0.4) is 0 Å². The Morgan fingerprint density at radius 2 is 2.13 bits per heavy atom. The van der Waals surface area contributed by atoms with Crippen LogP contribution in [0, 0.1) is 5.92 Å². The maximum atomic E-state index is 12.4. The number of rotatable bonds is 4. The fourth-order valence-electron chi connectivity index (χ4n) is 3.03. The van der Waals surface area contributed by atoms with E-state index in [1.807, 2.05) is 24.3 Å². The lowest BCUT2D eigenvalue weighted by Crippen LogP contribution is -2.42. The average molecular weight is 351 g/mol. The van der Waals surface area contributed by atoms with Crippen molar-refractivity contribution in [1.29, 1.82) is 0 Å². The van der Waals surface area contributed by atoms with Crippen molar-refractivity contribution in [2.75, 3.05) is 5.32 Å². The lowest BCUT2D eigenvalue weighted by molar-refractivity contribution is -0.118. The molecule has 1 fully saturated rings. The third-order valence-corrected chi connectivity index (χ3v) is 5.21. The molecular formula is C16H19ClN4OS. The third kappa shape index (κ3) is 3.88. The van der Waals surface area contributed by atoms with Gasteiger partial charge in [-0.05, 0) is 30.9 Å². The molecule has 1 aliphatic rings. The molecule has 2 aromatic rings. The second-order valence-corrected chi connectivity index (χ2v) is 7.25. The summed E-state index contributed by atoms with van der Waals surface area (Å²) in [5.74, 6) is 0.153. The largest absolute Gasteiger partial charge is 0.325 e. The molecule has 1 heterocycles. The molecule has 1 aromatic carbocycles. The van der Waals surface area contributed by atoms with E-state index in [1.165, 1.54) is 6.42 Å². The molecule has 1 aliphatic carbocycles. The zero-order valence-corrected chi connectivity index (χ0v) is 14.2. The van der Waals surface area contributed by atoms with Gasteiger partial charge < -0.3 is 11.1 Å². The number of nitrogens with one attached hydrogen (secondary N) is 1. The molecule has 1 unspecified atom stereocenters. The van der Waals surface area contributed by atoms with Gasteiger partial charge >= 0.3 is 0 Å². The van der Waals surface area contributed by atoms with Crippen molar-refractivity contribution >= 4 is 34.7 Å². The normalized spacial score (nSPS) is 17.0. The van der Waals surface area contributed by atoms with Gasteiger partial charge in [0.05, 0.1) is 6.04 Å².